The lowest BCUT2D eigenvalue weighted by molar-refractivity contribution is -0.541. The van der Waals surface area contributed by atoms with Crippen LogP contribution in [0.25, 0.3) is 0 Å². The summed E-state index contributed by atoms with van der Waals surface area (Å²) in [6.45, 7) is 4.33. The Balaban J connectivity index is 2.04. The zero-order valence-electron chi connectivity index (χ0n) is 12.7. The van der Waals surface area contributed by atoms with Crippen molar-refractivity contribution in [2.75, 3.05) is 18.9 Å². The average molecular weight is 306 g/mol. The normalized spacial score (nSPS) is 15.7. The number of hydrogen-bond donors (Lipinski definition) is 0. The van der Waals surface area contributed by atoms with E-state index in [1.807, 2.05) is 13.0 Å². The number of nitrogens with zero attached hydrogens (tertiary/aromatic N) is 1. The van der Waals surface area contributed by atoms with Crippen LogP contribution in [0.3, 0.4) is 0 Å². The van der Waals surface area contributed by atoms with E-state index in [9.17, 15) is 4.79 Å². The van der Waals surface area contributed by atoms with Crippen molar-refractivity contribution in [3.8, 4) is 0 Å². The van der Waals surface area contributed by atoms with Gasteiger partial charge in [0.05, 0.1) is 6.61 Å². The zero-order chi connectivity index (χ0) is 14.9. The van der Waals surface area contributed by atoms with Crippen LogP contribution in [0.1, 0.15) is 38.2 Å². The highest BCUT2D eigenvalue weighted by Gasteiger charge is 2.20. The predicted molar refractivity (Wildman–Crippen MR) is 87.8 cm³/mol. The molecule has 0 aliphatic carbocycles. The number of ether oxygens (including phenoxy) is 1. The van der Waals surface area contributed by atoms with Gasteiger partial charge in [-0.25, -0.2) is 4.58 Å². The van der Waals surface area contributed by atoms with Crippen LogP contribution in [-0.4, -0.2) is 34.5 Å². The molecule has 0 aromatic heterocycles. The van der Waals surface area contributed by atoms with Crippen molar-refractivity contribution in [2.45, 2.75) is 39.2 Å². The molecule has 3 nitrogen and oxygen atoms in total. The first-order valence-electron chi connectivity index (χ1n) is 7.72. The van der Waals surface area contributed by atoms with Crippen molar-refractivity contribution in [3.05, 3.63) is 35.9 Å². The second-order valence-electron chi connectivity index (χ2n) is 5.21. The largest absolute Gasteiger partial charge is 0.465 e. The number of esters is 1. The summed E-state index contributed by atoms with van der Waals surface area (Å²) >= 11 is 1.65. The molecule has 2 rings (SSSR count). The Morgan fingerprint density at radius 3 is 2.81 bits per heavy atom. The van der Waals surface area contributed by atoms with Gasteiger partial charge in [0.1, 0.15) is 12.3 Å². The molecule has 1 heterocycles. The topological polar surface area (TPSA) is 29.3 Å². The highest BCUT2D eigenvalue weighted by molar-refractivity contribution is 8.14. The van der Waals surface area contributed by atoms with E-state index in [-0.39, 0.29) is 5.97 Å². The van der Waals surface area contributed by atoms with Gasteiger partial charge in [0.15, 0.2) is 6.54 Å². The predicted octanol–water partition coefficient (Wildman–Crippen LogP) is 3.47. The Hall–Kier alpha value is -1.29. The van der Waals surface area contributed by atoms with Gasteiger partial charge < -0.3 is 4.74 Å². The number of thioether (sulfide) groups is 1. The molecule has 1 aliphatic heterocycles. The van der Waals surface area contributed by atoms with E-state index in [0.717, 1.165) is 19.5 Å². The second-order valence-corrected chi connectivity index (χ2v) is 6.25. The fraction of sp³-hybridized carbons (Fsp3) is 0.529. The molecule has 1 aromatic carbocycles. The molecule has 0 atom stereocenters. The Labute approximate surface area is 131 Å². The van der Waals surface area contributed by atoms with E-state index in [0.29, 0.717) is 12.4 Å². The lowest BCUT2D eigenvalue weighted by Crippen LogP contribution is -2.20. The smallest absolute Gasteiger partial charge is 0.316 e. The van der Waals surface area contributed by atoms with Gasteiger partial charge in [-0.05, 0) is 19.8 Å². The summed E-state index contributed by atoms with van der Waals surface area (Å²) in [5.41, 5.74) is 1.33. The van der Waals surface area contributed by atoms with Gasteiger partial charge in [0.2, 0.25) is 5.04 Å². The minimum atomic E-state index is -0.112. The lowest BCUT2D eigenvalue weighted by Gasteiger charge is -2.07. The van der Waals surface area contributed by atoms with Crippen LogP contribution in [0.2, 0.25) is 0 Å². The third-order valence-electron chi connectivity index (χ3n) is 3.55. The molecule has 0 N–H and O–H groups in total. The molecule has 0 bridgehead atoms. The molecule has 0 saturated heterocycles. The Morgan fingerprint density at radius 1 is 1.24 bits per heavy atom. The first kappa shape index (κ1) is 16.1. The molecular formula is C17H24NO2S+. The van der Waals surface area contributed by atoms with E-state index < -0.39 is 0 Å². The fourth-order valence-corrected chi connectivity index (χ4v) is 3.51. The molecule has 1 aliphatic rings. The van der Waals surface area contributed by atoms with Crippen molar-refractivity contribution in [2.24, 2.45) is 0 Å². The Bertz CT molecular complexity index is 485. The van der Waals surface area contributed by atoms with Gasteiger partial charge in [-0.2, -0.15) is 0 Å². The van der Waals surface area contributed by atoms with E-state index in [4.69, 9.17) is 4.74 Å². The third kappa shape index (κ3) is 5.54. The van der Waals surface area contributed by atoms with E-state index in [1.54, 1.807) is 11.8 Å². The van der Waals surface area contributed by atoms with E-state index in [1.165, 1.54) is 29.9 Å². The maximum Gasteiger partial charge on any atom is 0.316 e. The maximum absolute atomic E-state index is 11.6. The van der Waals surface area contributed by atoms with Crippen molar-refractivity contribution < 1.29 is 14.1 Å². The molecule has 0 spiro atoms. The average Bonchev–Trinajstić information content (AvgIpc) is 2.72. The first-order chi connectivity index (χ1) is 10.3. The van der Waals surface area contributed by atoms with Crippen LogP contribution in [-0.2, 0) is 16.1 Å². The molecule has 21 heavy (non-hydrogen) atoms. The molecule has 0 fully saturated rings. The quantitative estimate of drug-likeness (QED) is 0.616. The van der Waals surface area contributed by atoms with Gasteiger partial charge in [-0.1, -0.05) is 42.1 Å². The van der Waals surface area contributed by atoms with Crippen LogP contribution < -0.4 is 0 Å². The lowest BCUT2D eigenvalue weighted by atomic mass is 10.2. The van der Waals surface area contributed by atoms with E-state index >= 15 is 0 Å². The van der Waals surface area contributed by atoms with Gasteiger partial charge in [-0.15, -0.1) is 0 Å². The molecular weight excluding hydrogens is 282 g/mol. The monoisotopic (exact) mass is 306 g/mol. The third-order valence-corrected chi connectivity index (χ3v) is 4.73. The van der Waals surface area contributed by atoms with Crippen LogP contribution >= 0.6 is 11.8 Å². The van der Waals surface area contributed by atoms with Gasteiger partial charge in [-0.3, -0.25) is 4.79 Å². The van der Waals surface area contributed by atoms with Gasteiger partial charge in [0, 0.05) is 18.4 Å². The Morgan fingerprint density at radius 2 is 2.05 bits per heavy atom. The highest BCUT2D eigenvalue weighted by Crippen LogP contribution is 2.18. The molecule has 4 heteroatoms. The number of benzene rings is 1. The summed E-state index contributed by atoms with van der Waals surface area (Å²) in [6, 6.07) is 10.5. The number of hydrogen-bond acceptors (Lipinski definition) is 3. The first-order valence-corrected chi connectivity index (χ1v) is 8.71. The summed E-state index contributed by atoms with van der Waals surface area (Å²) in [5, 5.41) is 1.34. The molecule has 1 aromatic rings. The minimum Gasteiger partial charge on any atom is -0.465 e. The van der Waals surface area contributed by atoms with Crippen molar-refractivity contribution in [1.29, 1.82) is 0 Å². The van der Waals surface area contributed by atoms with Gasteiger partial charge in [0.25, 0.3) is 0 Å². The summed E-state index contributed by atoms with van der Waals surface area (Å²) < 4.78 is 7.46. The van der Waals surface area contributed by atoms with Crippen LogP contribution in [0, 0.1) is 0 Å². The van der Waals surface area contributed by atoms with Crippen LogP contribution in [0.5, 0.6) is 0 Å². The number of rotatable bonds is 5. The van der Waals surface area contributed by atoms with Crippen molar-refractivity contribution in [3.63, 3.8) is 0 Å². The molecule has 0 saturated carbocycles. The van der Waals surface area contributed by atoms with Crippen LogP contribution in [0.4, 0.5) is 0 Å². The molecule has 0 unspecified atom stereocenters. The highest BCUT2D eigenvalue weighted by atomic mass is 32.2. The van der Waals surface area contributed by atoms with Crippen LogP contribution in [0.15, 0.2) is 30.3 Å². The maximum atomic E-state index is 11.6. The summed E-state index contributed by atoms with van der Waals surface area (Å²) in [6.07, 6.45) is 4.80. The van der Waals surface area contributed by atoms with Gasteiger partial charge >= 0.3 is 5.97 Å². The Kier molecular flexibility index (Phi) is 6.80. The molecule has 0 amide bonds. The van der Waals surface area contributed by atoms with E-state index in [2.05, 4.69) is 28.8 Å². The van der Waals surface area contributed by atoms with Crippen molar-refractivity contribution >= 4 is 22.8 Å². The van der Waals surface area contributed by atoms with Crippen molar-refractivity contribution in [1.82, 2.24) is 0 Å². The summed E-state index contributed by atoms with van der Waals surface area (Å²) in [5.74, 6) is 0.313. The fourth-order valence-electron chi connectivity index (χ4n) is 2.52. The molecule has 114 valence electrons. The minimum absolute atomic E-state index is 0.112. The SMILES string of the molecule is CCOC(=O)CSC1=[N+](Cc2ccccc2)CCCCC1. The number of carbonyl (C=O) groups excluding carboxylic acids is 1. The standard InChI is InChI=1S/C17H24NO2S/c1-2-20-17(19)14-21-16-11-7-4-8-12-18(16)13-15-9-5-3-6-10-15/h3,5-6,9-10H,2,4,7-8,11-14H2,1H3/q+1. The summed E-state index contributed by atoms with van der Waals surface area (Å²) in [7, 11) is 0. The summed E-state index contributed by atoms with van der Waals surface area (Å²) in [4.78, 5) is 11.6. The number of carbonyl (C=O) groups is 1. The second kappa shape index (κ2) is 8.88. The molecule has 0 radical (unpaired) electrons. The zero-order valence-corrected chi connectivity index (χ0v) is 13.5.